The second-order valence-corrected chi connectivity index (χ2v) is 9.67. The van der Waals surface area contributed by atoms with E-state index in [4.69, 9.17) is 33.0 Å². The summed E-state index contributed by atoms with van der Waals surface area (Å²) in [7, 11) is 0. The van der Waals surface area contributed by atoms with Gasteiger partial charge in [0, 0.05) is 22.8 Å². The van der Waals surface area contributed by atoms with Crippen LogP contribution in [0.25, 0.3) is 0 Å². The number of para-hydroxylation sites is 1. The summed E-state index contributed by atoms with van der Waals surface area (Å²) in [5.41, 5.74) is 2.73. The van der Waals surface area contributed by atoms with Crippen molar-refractivity contribution in [1.29, 1.82) is 0 Å². The van der Waals surface area contributed by atoms with Crippen LogP contribution in [0.4, 0.5) is 11.4 Å². The number of hydrogen-bond donors (Lipinski definition) is 0. The van der Waals surface area contributed by atoms with Gasteiger partial charge in [0.15, 0.2) is 4.99 Å². The van der Waals surface area contributed by atoms with Crippen molar-refractivity contribution in [2.75, 3.05) is 15.7 Å². The van der Waals surface area contributed by atoms with Gasteiger partial charge in [0.1, 0.15) is 11.5 Å². The van der Waals surface area contributed by atoms with Crippen LogP contribution >= 0.6 is 35.0 Å². The molecular weight excluding hydrogens is 465 g/mol. The third kappa shape index (κ3) is 3.72. The molecule has 0 aliphatic carbocycles. The monoisotopic (exact) mass is 483 g/mol. The van der Waals surface area contributed by atoms with E-state index in [2.05, 4.69) is 0 Å². The van der Waals surface area contributed by atoms with Gasteiger partial charge in [-0.05, 0) is 61.5 Å². The number of hydrazone groups is 1. The van der Waals surface area contributed by atoms with E-state index in [9.17, 15) is 4.79 Å². The minimum absolute atomic E-state index is 0.0512. The summed E-state index contributed by atoms with van der Waals surface area (Å²) in [5.74, 6) is 1.58. The maximum Gasteiger partial charge on any atom is 0.239 e. The number of amides is 1. The van der Waals surface area contributed by atoms with E-state index in [1.54, 1.807) is 30.0 Å². The standard InChI is InChI=1S/C24H19Cl2N3O2S/c1-16-14-24(29(27-16)19-5-3-2-4-6-19)28(23(30)15-32-24)18-8-10-20(11-9-18)31-22-12-7-17(25)13-21(22)26/h2-13H,14-15H2,1H3/t24-/m1/s1. The molecular formula is C24H19Cl2N3O2S. The molecule has 0 bridgehead atoms. The van der Waals surface area contributed by atoms with Gasteiger partial charge >= 0.3 is 0 Å². The Kier molecular flexibility index (Phi) is 5.53. The first kappa shape index (κ1) is 21.2. The van der Waals surface area contributed by atoms with Crippen molar-refractivity contribution in [3.63, 3.8) is 0 Å². The average molecular weight is 484 g/mol. The van der Waals surface area contributed by atoms with Gasteiger partial charge in [0.05, 0.1) is 16.5 Å². The molecule has 0 radical (unpaired) electrons. The number of carbonyl (C=O) groups excluding carboxylic acids is 1. The Morgan fingerprint density at radius 3 is 2.47 bits per heavy atom. The molecule has 2 aliphatic heterocycles. The summed E-state index contributed by atoms with van der Waals surface area (Å²) in [5, 5.41) is 7.73. The molecule has 8 heteroatoms. The van der Waals surface area contributed by atoms with Crippen molar-refractivity contribution in [3.8, 4) is 11.5 Å². The first-order valence-electron chi connectivity index (χ1n) is 10.1. The highest BCUT2D eigenvalue weighted by Gasteiger charge is 2.55. The van der Waals surface area contributed by atoms with E-state index >= 15 is 0 Å². The molecule has 0 saturated carbocycles. The highest BCUT2D eigenvalue weighted by atomic mass is 35.5. The van der Waals surface area contributed by atoms with Crippen molar-refractivity contribution < 1.29 is 9.53 Å². The Morgan fingerprint density at radius 2 is 1.75 bits per heavy atom. The maximum atomic E-state index is 13.0. The quantitative estimate of drug-likeness (QED) is 0.408. The third-order valence-corrected chi connectivity index (χ3v) is 7.21. The fraction of sp³-hybridized carbons (Fsp3) is 0.167. The molecule has 5 nitrogen and oxygen atoms in total. The zero-order chi connectivity index (χ0) is 22.3. The fourth-order valence-electron chi connectivity index (χ4n) is 4.00. The van der Waals surface area contributed by atoms with Crippen molar-refractivity contribution in [1.82, 2.24) is 0 Å². The molecule has 0 unspecified atom stereocenters. The normalized spacial score (nSPS) is 20.2. The lowest BCUT2D eigenvalue weighted by molar-refractivity contribution is -0.116. The molecule has 162 valence electrons. The van der Waals surface area contributed by atoms with Gasteiger partial charge < -0.3 is 4.74 Å². The van der Waals surface area contributed by atoms with Crippen LogP contribution in [0.3, 0.4) is 0 Å². The minimum atomic E-state index is -0.621. The molecule has 3 aromatic rings. The number of ether oxygens (including phenoxy) is 1. The Bertz CT molecular complexity index is 1200. The Morgan fingerprint density at radius 1 is 1.00 bits per heavy atom. The number of benzene rings is 3. The summed E-state index contributed by atoms with van der Waals surface area (Å²) in [4.78, 5) is 14.3. The first-order chi connectivity index (χ1) is 15.5. The largest absolute Gasteiger partial charge is 0.456 e. The predicted octanol–water partition coefficient (Wildman–Crippen LogP) is 6.81. The molecule has 2 heterocycles. The topological polar surface area (TPSA) is 45.1 Å². The molecule has 0 aromatic heterocycles. The molecule has 3 aromatic carbocycles. The Labute approximate surface area is 200 Å². The van der Waals surface area contributed by atoms with Crippen LogP contribution in [0.1, 0.15) is 13.3 Å². The zero-order valence-electron chi connectivity index (χ0n) is 17.2. The van der Waals surface area contributed by atoms with Crippen molar-refractivity contribution in [2.24, 2.45) is 5.10 Å². The minimum Gasteiger partial charge on any atom is -0.456 e. The number of anilines is 2. The van der Waals surface area contributed by atoms with Crippen molar-refractivity contribution in [3.05, 3.63) is 82.8 Å². The molecule has 0 N–H and O–H groups in total. The molecule has 5 rings (SSSR count). The molecule has 1 atom stereocenters. The van der Waals surface area contributed by atoms with Crippen LogP contribution in [0.2, 0.25) is 10.0 Å². The van der Waals surface area contributed by atoms with E-state index < -0.39 is 4.99 Å². The number of carbonyl (C=O) groups is 1. The second-order valence-electron chi connectivity index (χ2n) is 7.59. The lowest BCUT2D eigenvalue weighted by atomic mass is 10.1. The molecule has 1 spiro atoms. The summed E-state index contributed by atoms with van der Waals surface area (Å²) in [6.07, 6.45) is 0.664. The molecule has 1 fully saturated rings. The summed E-state index contributed by atoms with van der Waals surface area (Å²) < 4.78 is 5.90. The first-order valence-corrected chi connectivity index (χ1v) is 11.8. The van der Waals surface area contributed by atoms with E-state index in [1.165, 1.54) is 0 Å². The van der Waals surface area contributed by atoms with Gasteiger partial charge in [-0.2, -0.15) is 5.10 Å². The van der Waals surface area contributed by atoms with Gasteiger partial charge in [-0.15, -0.1) is 0 Å². The zero-order valence-corrected chi connectivity index (χ0v) is 19.5. The number of hydrogen-bond acceptors (Lipinski definition) is 5. The van der Waals surface area contributed by atoms with Crippen LogP contribution < -0.4 is 14.6 Å². The highest BCUT2D eigenvalue weighted by molar-refractivity contribution is 8.02. The van der Waals surface area contributed by atoms with Gasteiger partial charge in [-0.3, -0.25) is 9.69 Å². The van der Waals surface area contributed by atoms with Crippen LogP contribution in [0, 0.1) is 0 Å². The average Bonchev–Trinajstić information content (AvgIpc) is 3.30. The molecule has 1 amide bonds. The molecule has 2 aliphatic rings. The van der Waals surface area contributed by atoms with Gasteiger partial charge in [-0.25, -0.2) is 5.01 Å². The molecule has 32 heavy (non-hydrogen) atoms. The van der Waals surface area contributed by atoms with Crippen molar-refractivity contribution in [2.45, 2.75) is 18.3 Å². The van der Waals surface area contributed by atoms with Crippen molar-refractivity contribution >= 4 is 58.0 Å². The number of rotatable bonds is 4. The van der Waals surface area contributed by atoms with Gasteiger partial charge in [-0.1, -0.05) is 53.2 Å². The summed E-state index contributed by atoms with van der Waals surface area (Å²) >= 11 is 13.8. The Hall–Kier alpha value is -2.67. The van der Waals surface area contributed by atoms with Crippen LogP contribution in [-0.4, -0.2) is 22.4 Å². The van der Waals surface area contributed by atoms with Crippen LogP contribution in [0.5, 0.6) is 11.5 Å². The van der Waals surface area contributed by atoms with Gasteiger partial charge in [0.2, 0.25) is 5.91 Å². The molecule has 1 saturated heterocycles. The smallest absolute Gasteiger partial charge is 0.239 e. The van der Waals surface area contributed by atoms with Crippen LogP contribution in [0.15, 0.2) is 77.9 Å². The fourth-order valence-corrected chi connectivity index (χ4v) is 5.85. The highest BCUT2D eigenvalue weighted by Crippen LogP contribution is 2.50. The SMILES string of the molecule is CC1=NN(c2ccccc2)[C@]2(C1)SCC(=O)N2c1ccc(Oc2ccc(Cl)cc2Cl)cc1. The van der Waals surface area contributed by atoms with E-state index in [-0.39, 0.29) is 5.91 Å². The lowest BCUT2D eigenvalue weighted by Gasteiger charge is -2.40. The maximum absolute atomic E-state index is 13.0. The lowest BCUT2D eigenvalue weighted by Crippen LogP contribution is -2.53. The third-order valence-electron chi connectivity index (χ3n) is 5.33. The number of halogens is 2. The Balaban J connectivity index is 1.46. The predicted molar refractivity (Wildman–Crippen MR) is 132 cm³/mol. The van der Waals surface area contributed by atoms with E-state index in [0.717, 1.165) is 17.1 Å². The number of thioether (sulfide) groups is 1. The summed E-state index contributed by atoms with van der Waals surface area (Å²) in [6, 6.07) is 22.5. The second kappa shape index (κ2) is 8.35. The van der Waals surface area contributed by atoms with Crippen LogP contribution in [-0.2, 0) is 4.79 Å². The number of nitrogens with zero attached hydrogens (tertiary/aromatic N) is 3. The van der Waals surface area contributed by atoms with Gasteiger partial charge in [0.25, 0.3) is 0 Å². The van der Waals surface area contributed by atoms with E-state index in [0.29, 0.717) is 33.7 Å². The van der Waals surface area contributed by atoms with E-state index in [1.807, 2.05) is 71.4 Å². The summed E-state index contributed by atoms with van der Waals surface area (Å²) in [6.45, 7) is 2.00.